The van der Waals surface area contributed by atoms with Gasteiger partial charge in [-0.05, 0) is 25.0 Å². The molecule has 1 fully saturated rings. The number of hydrogen-bond acceptors (Lipinski definition) is 3. The first-order valence-electron chi connectivity index (χ1n) is 7.68. The summed E-state index contributed by atoms with van der Waals surface area (Å²) in [5.41, 5.74) is 3.53. The van der Waals surface area contributed by atoms with Crippen molar-refractivity contribution in [3.63, 3.8) is 0 Å². The molecule has 1 aromatic heterocycles. The number of nitrogens with zero attached hydrogens (tertiary/aromatic N) is 2. The van der Waals surface area contributed by atoms with E-state index in [9.17, 15) is 0 Å². The third kappa shape index (κ3) is 2.93. The summed E-state index contributed by atoms with van der Waals surface area (Å²) >= 11 is 0. The van der Waals surface area contributed by atoms with Crippen LogP contribution in [-0.4, -0.2) is 30.8 Å². The van der Waals surface area contributed by atoms with Crippen LogP contribution >= 0.6 is 0 Å². The second-order valence-corrected chi connectivity index (χ2v) is 5.48. The van der Waals surface area contributed by atoms with Crippen molar-refractivity contribution in [2.24, 2.45) is 0 Å². The van der Waals surface area contributed by atoms with Crippen LogP contribution in [0.2, 0.25) is 0 Å². The van der Waals surface area contributed by atoms with Crippen molar-refractivity contribution >= 4 is 16.6 Å². The largest absolute Gasteiger partial charge is 0.372 e. The van der Waals surface area contributed by atoms with Crippen molar-refractivity contribution in [2.75, 3.05) is 24.6 Å². The molecule has 3 rings (SSSR count). The van der Waals surface area contributed by atoms with Crippen LogP contribution in [0.1, 0.15) is 19.0 Å². The molecule has 0 saturated carbocycles. The van der Waals surface area contributed by atoms with Crippen molar-refractivity contribution in [2.45, 2.75) is 25.9 Å². The number of ether oxygens (including phenoxy) is 1. The van der Waals surface area contributed by atoms with Crippen LogP contribution in [0.5, 0.6) is 0 Å². The molecular formula is C18H22N2O. The highest BCUT2D eigenvalue weighted by atomic mass is 16.5. The number of hydrogen-bond donors (Lipinski definition) is 0. The average molecular weight is 282 g/mol. The van der Waals surface area contributed by atoms with Gasteiger partial charge in [0.1, 0.15) is 0 Å². The smallest absolute Gasteiger partial charge is 0.0771 e. The van der Waals surface area contributed by atoms with Gasteiger partial charge >= 0.3 is 0 Å². The van der Waals surface area contributed by atoms with Gasteiger partial charge < -0.3 is 9.64 Å². The molecule has 1 saturated heterocycles. The lowest BCUT2D eigenvalue weighted by molar-refractivity contribution is 0.0909. The van der Waals surface area contributed by atoms with E-state index in [0.29, 0.717) is 12.7 Å². The number of para-hydroxylation sites is 1. The molecule has 1 aliphatic rings. The van der Waals surface area contributed by atoms with Crippen LogP contribution in [-0.2, 0) is 11.2 Å². The molecule has 1 aliphatic heterocycles. The fourth-order valence-electron chi connectivity index (χ4n) is 2.94. The van der Waals surface area contributed by atoms with E-state index in [1.807, 2.05) is 6.08 Å². The molecular weight excluding hydrogens is 260 g/mol. The number of benzene rings is 1. The maximum absolute atomic E-state index is 5.80. The van der Waals surface area contributed by atoms with Crippen LogP contribution in [0.4, 0.5) is 5.69 Å². The fourth-order valence-corrected chi connectivity index (χ4v) is 2.94. The highest BCUT2D eigenvalue weighted by Gasteiger charge is 2.24. The molecule has 0 spiro atoms. The monoisotopic (exact) mass is 282 g/mol. The molecule has 0 radical (unpaired) electrons. The molecule has 2 aromatic rings. The first-order valence-corrected chi connectivity index (χ1v) is 7.68. The minimum atomic E-state index is 0.306. The van der Waals surface area contributed by atoms with Crippen LogP contribution < -0.4 is 4.90 Å². The van der Waals surface area contributed by atoms with Crippen LogP contribution in [0.25, 0.3) is 10.9 Å². The molecule has 0 N–H and O–H groups in total. The van der Waals surface area contributed by atoms with Crippen molar-refractivity contribution in [3.8, 4) is 0 Å². The van der Waals surface area contributed by atoms with Crippen LogP contribution in [0.15, 0.2) is 43.0 Å². The molecule has 110 valence electrons. The molecule has 3 heteroatoms. The lowest BCUT2D eigenvalue weighted by Crippen LogP contribution is -2.23. The molecule has 21 heavy (non-hydrogen) atoms. The van der Waals surface area contributed by atoms with Crippen LogP contribution in [0.3, 0.4) is 0 Å². The van der Waals surface area contributed by atoms with Gasteiger partial charge in [0.25, 0.3) is 0 Å². The van der Waals surface area contributed by atoms with E-state index in [1.165, 1.54) is 11.1 Å². The zero-order chi connectivity index (χ0) is 14.7. The van der Waals surface area contributed by atoms with Gasteiger partial charge in [-0.15, -0.1) is 6.58 Å². The first kappa shape index (κ1) is 14.1. The average Bonchev–Trinajstić information content (AvgIpc) is 3.00. The van der Waals surface area contributed by atoms with Gasteiger partial charge in [0.05, 0.1) is 18.2 Å². The minimum Gasteiger partial charge on any atom is -0.372 e. The Bertz CT molecular complexity index is 638. The normalized spacial score (nSPS) is 18.3. The topological polar surface area (TPSA) is 25.4 Å². The van der Waals surface area contributed by atoms with Gasteiger partial charge in [-0.2, -0.15) is 0 Å². The Morgan fingerprint density at radius 2 is 2.29 bits per heavy atom. The van der Waals surface area contributed by atoms with Gasteiger partial charge in [0.15, 0.2) is 0 Å². The number of anilines is 1. The summed E-state index contributed by atoms with van der Waals surface area (Å²) in [6, 6.07) is 10.6. The summed E-state index contributed by atoms with van der Waals surface area (Å²) in [4.78, 5) is 7.15. The lowest BCUT2D eigenvalue weighted by atomic mass is 10.1. The summed E-state index contributed by atoms with van der Waals surface area (Å²) in [7, 11) is 0. The van der Waals surface area contributed by atoms with E-state index in [0.717, 1.165) is 37.1 Å². The summed E-state index contributed by atoms with van der Waals surface area (Å²) in [6.07, 6.45) is 4.16. The van der Waals surface area contributed by atoms with E-state index in [1.54, 1.807) is 0 Å². The van der Waals surface area contributed by atoms with Gasteiger partial charge in [-0.3, -0.25) is 4.98 Å². The first-order chi connectivity index (χ1) is 10.3. The standard InChI is InChI=1S/C18H22N2O/c1-3-11-21-15-9-10-20(13-15)18-12-14(4-2)19-17-8-6-5-7-16(17)18/h3,5-8,12,15H,1,4,9-11,13H2,2H3. The van der Waals surface area contributed by atoms with Crippen molar-refractivity contribution in [3.05, 3.63) is 48.7 Å². The van der Waals surface area contributed by atoms with Gasteiger partial charge in [-0.1, -0.05) is 31.2 Å². The molecule has 1 aromatic carbocycles. The van der Waals surface area contributed by atoms with Gasteiger partial charge in [-0.25, -0.2) is 0 Å². The maximum Gasteiger partial charge on any atom is 0.0771 e. The van der Waals surface area contributed by atoms with E-state index in [4.69, 9.17) is 9.72 Å². The summed E-state index contributed by atoms with van der Waals surface area (Å²) in [5, 5.41) is 1.24. The Morgan fingerprint density at radius 3 is 3.10 bits per heavy atom. The highest BCUT2D eigenvalue weighted by molar-refractivity contribution is 5.92. The fraction of sp³-hybridized carbons (Fsp3) is 0.389. The van der Waals surface area contributed by atoms with E-state index >= 15 is 0 Å². The Labute approximate surface area is 126 Å². The molecule has 1 atom stereocenters. The van der Waals surface area contributed by atoms with Crippen LogP contribution in [0, 0.1) is 0 Å². The SMILES string of the molecule is C=CCOC1CCN(c2cc(CC)nc3ccccc23)C1. The third-order valence-electron chi connectivity index (χ3n) is 4.05. The zero-order valence-electron chi connectivity index (χ0n) is 12.6. The number of rotatable bonds is 5. The second-order valence-electron chi connectivity index (χ2n) is 5.48. The molecule has 0 aliphatic carbocycles. The van der Waals surface area contributed by atoms with Crippen molar-refractivity contribution in [1.29, 1.82) is 0 Å². The van der Waals surface area contributed by atoms with E-state index < -0.39 is 0 Å². The van der Waals surface area contributed by atoms with Gasteiger partial charge in [0, 0.05) is 29.9 Å². The quantitative estimate of drug-likeness (QED) is 0.784. The Kier molecular flexibility index (Phi) is 4.20. The summed E-state index contributed by atoms with van der Waals surface area (Å²) < 4.78 is 5.80. The zero-order valence-corrected chi connectivity index (χ0v) is 12.6. The number of pyridine rings is 1. The summed E-state index contributed by atoms with van der Waals surface area (Å²) in [5.74, 6) is 0. The third-order valence-corrected chi connectivity index (χ3v) is 4.05. The molecule has 1 unspecified atom stereocenters. The number of fused-ring (bicyclic) bond motifs is 1. The Balaban J connectivity index is 1.91. The Morgan fingerprint density at radius 1 is 1.43 bits per heavy atom. The van der Waals surface area contributed by atoms with Crippen molar-refractivity contribution < 1.29 is 4.74 Å². The number of aryl methyl sites for hydroxylation is 1. The molecule has 0 amide bonds. The van der Waals surface area contributed by atoms with Crippen molar-refractivity contribution in [1.82, 2.24) is 4.98 Å². The Hall–Kier alpha value is -1.87. The number of aromatic nitrogens is 1. The lowest BCUT2D eigenvalue weighted by Gasteiger charge is -2.21. The predicted molar refractivity (Wildman–Crippen MR) is 87.9 cm³/mol. The molecule has 2 heterocycles. The molecule has 3 nitrogen and oxygen atoms in total. The highest BCUT2D eigenvalue weighted by Crippen LogP contribution is 2.30. The second kappa shape index (κ2) is 6.27. The van der Waals surface area contributed by atoms with E-state index in [2.05, 4.69) is 48.7 Å². The summed E-state index contributed by atoms with van der Waals surface area (Å²) in [6.45, 7) is 8.49. The molecule has 0 bridgehead atoms. The predicted octanol–water partition coefficient (Wildman–Crippen LogP) is 3.58. The maximum atomic E-state index is 5.80. The minimum absolute atomic E-state index is 0.306. The van der Waals surface area contributed by atoms with E-state index in [-0.39, 0.29) is 0 Å². The van der Waals surface area contributed by atoms with Gasteiger partial charge in [0.2, 0.25) is 0 Å².